The van der Waals surface area contributed by atoms with Gasteiger partial charge < -0.3 is 14.2 Å². The standard InChI is InChI=1S/C21H22N2O3/c1-15-22-12-19(13-23-15)17-3-2-16-4-5-20(11-18(16)10-17)25-7-6-21-14-24-8-9-26-21/h2-5,10-13,21H,6-9,14H2,1H3. The van der Waals surface area contributed by atoms with Gasteiger partial charge in [-0.25, -0.2) is 9.97 Å². The zero-order valence-corrected chi connectivity index (χ0v) is 14.9. The number of ether oxygens (including phenoxy) is 3. The Kier molecular flexibility index (Phi) is 5.09. The largest absolute Gasteiger partial charge is 0.493 e. The van der Waals surface area contributed by atoms with Crippen LogP contribution in [0.3, 0.4) is 0 Å². The minimum atomic E-state index is 0.136. The van der Waals surface area contributed by atoms with Crippen LogP contribution < -0.4 is 4.74 Å². The highest BCUT2D eigenvalue weighted by atomic mass is 16.6. The molecule has 134 valence electrons. The van der Waals surface area contributed by atoms with Crippen LogP contribution in [0.1, 0.15) is 12.2 Å². The van der Waals surface area contributed by atoms with Gasteiger partial charge in [0.25, 0.3) is 0 Å². The third-order valence-electron chi connectivity index (χ3n) is 4.52. The van der Waals surface area contributed by atoms with Gasteiger partial charge in [0.1, 0.15) is 11.6 Å². The SMILES string of the molecule is Cc1ncc(-c2ccc3ccc(OCCC4COCCO4)cc3c2)cn1. The molecule has 1 saturated heterocycles. The van der Waals surface area contributed by atoms with Crippen molar-refractivity contribution in [3.63, 3.8) is 0 Å². The molecule has 5 heteroatoms. The van der Waals surface area contributed by atoms with Gasteiger partial charge in [-0.3, -0.25) is 0 Å². The fraction of sp³-hybridized carbons (Fsp3) is 0.333. The second kappa shape index (κ2) is 7.81. The molecular formula is C21H22N2O3. The first kappa shape index (κ1) is 16.9. The van der Waals surface area contributed by atoms with E-state index in [0.29, 0.717) is 26.4 Å². The summed E-state index contributed by atoms with van der Waals surface area (Å²) in [6, 6.07) is 12.5. The molecule has 0 radical (unpaired) electrons. The summed E-state index contributed by atoms with van der Waals surface area (Å²) < 4.78 is 17.0. The minimum absolute atomic E-state index is 0.136. The number of fused-ring (bicyclic) bond motifs is 1. The van der Waals surface area contributed by atoms with E-state index < -0.39 is 0 Å². The van der Waals surface area contributed by atoms with Crippen molar-refractivity contribution in [1.82, 2.24) is 9.97 Å². The molecule has 1 aromatic heterocycles. The van der Waals surface area contributed by atoms with E-state index >= 15 is 0 Å². The van der Waals surface area contributed by atoms with Crippen LogP contribution in [0.4, 0.5) is 0 Å². The topological polar surface area (TPSA) is 53.5 Å². The number of hydrogen-bond donors (Lipinski definition) is 0. The Morgan fingerprint density at radius 1 is 1.00 bits per heavy atom. The van der Waals surface area contributed by atoms with Gasteiger partial charge >= 0.3 is 0 Å². The van der Waals surface area contributed by atoms with Gasteiger partial charge in [0, 0.05) is 24.4 Å². The van der Waals surface area contributed by atoms with Crippen molar-refractivity contribution in [3.05, 3.63) is 54.6 Å². The minimum Gasteiger partial charge on any atom is -0.493 e. The average molecular weight is 350 g/mol. The third kappa shape index (κ3) is 4.00. The Bertz CT molecular complexity index is 874. The lowest BCUT2D eigenvalue weighted by molar-refractivity contribution is -0.0935. The van der Waals surface area contributed by atoms with E-state index in [4.69, 9.17) is 14.2 Å². The Morgan fingerprint density at radius 2 is 1.85 bits per heavy atom. The molecule has 1 fully saturated rings. The van der Waals surface area contributed by atoms with Crippen molar-refractivity contribution in [3.8, 4) is 16.9 Å². The molecule has 1 unspecified atom stereocenters. The summed E-state index contributed by atoms with van der Waals surface area (Å²) in [6.07, 6.45) is 4.68. The Hall–Kier alpha value is -2.50. The summed E-state index contributed by atoms with van der Waals surface area (Å²) >= 11 is 0. The summed E-state index contributed by atoms with van der Waals surface area (Å²) in [4.78, 5) is 8.56. The van der Waals surface area contributed by atoms with E-state index in [1.807, 2.05) is 25.4 Å². The van der Waals surface area contributed by atoms with Crippen LogP contribution in [0.5, 0.6) is 5.75 Å². The van der Waals surface area contributed by atoms with E-state index in [9.17, 15) is 0 Å². The number of aryl methyl sites for hydroxylation is 1. The Labute approximate surface area is 152 Å². The molecule has 1 aliphatic rings. The highest BCUT2D eigenvalue weighted by molar-refractivity contribution is 5.88. The van der Waals surface area contributed by atoms with Crippen molar-refractivity contribution < 1.29 is 14.2 Å². The summed E-state index contributed by atoms with van der Waals surface area (Å²) in [6.45, 7) is 4.52. The van der Waals surface area contributed by atoms with Crippen LogP contribution in [0, 0.1) is 6.92 Å². The maximum absolute atomic E-state index is 5.92. The van der Waals surface area contributed by atoms with Crippen LogP contribution in [-0.4, -0.2) is 42.5 Å². The first-order valence-corrected chi connectivity index (χ1v) is 8.93. The lowest BCUT2D eigenvalue weighted by Gasteiger charge is -2.22. The molecule has 0 aliphatic carbocycles. The number of benzene rings is 2. The van der Waals surface area contributed by atoms with Gasteiger partial charge in [0.05, 0.1) is 32.5 Å². The van der Waals surface area contributed by atoms with Crippen molar-refractivity contribution in [2.24, 2.45) is 0 Å². The van der Waals surface area contributed by atoms with E-state index in [1.165, 1.54) is 5.39 Å². The number of rotatable bonds is 5. The normalized spacial score (nSPS) is 17.3. The smallest absolute Gasteiger partial charge is 0.125 e. The number of aromatic nitrogens is 2. The molecule has 26 heavy (non-hydrogen) atoms. The number of hydrogen-bond acceptors (Lipinski definition) is 5. The molecule has 0 saturated carbocycles. The summed E-state index contributed by atoms with van der Waals surface area (Å²) in [5, 5.41) is 2.32. The highest BCUT2D eigenvalue weighted by Gasteiger charge is 2.14. The third-order valence-corrected chi connectivity index (χ3v) is 4.52. The van der Waals surface area contributed by atoms with Crippen LogP contribution in [-0.2, 0) is 9.47 Å². The van der Waals surface area contributed by atoms with Gasteiger partial charge in [0.2, 0.25) is 0 Å². The Morgan fingerprint density at radius 3 is 2.65 bits per heavy atom. The predicted octanol–water partition coefficient (Wildman–Crippen LogP) is 3.79. The molecule has 0 bridgehead atoms. The van der Waals surface area contributed by atoms with Crippen LogP contribution in [0.25, 0.3) is 21.9 Å². The van der Waals surface area contributed by atoms with Crippen LogP contribution in [0.15, 0.2) is 48.8 Å². The van der Waals surface area contributed by atoms with Gasteiger partial charge in [-0.2, -0.15) is 0 Å². The van der Waals surface area contributed by atoms with E-state index in [1.54, 1.807) is 0 Å². The van der Waals surface area contributed by atoms with E-state index in [0.717, 1.165) is 34.5 Å². The van der Waals surface area contributed by atoms with Gasteiger partial charge in [0.15, 0.2) is 0 Å². The summed E-state index contributed by atoms with van der Waals surface area (Å²) in [5.41, 5.74) is 2.11. The molecule has 4 rings (SSSR count). The van der Waals surface area contributed by atoms with Crippen molar-refractivity contribution in [1.29, 1.82) is 0 Å². The predicted molar refractivity (Wildman–Crippen MR) is 100 cm³/mol. The van der Waals surface area contributed by atoms with E-state index in [-0.39, 0.29) is 6.10 Å². The molecule has 1 atom stereocenters. The molecule has 0 amide bonds. The molecule has 3 aromatic rings. The van der Waals surface area contributed by atoms with Crippen molar-refractivity contribution in [2.75, 3.05) is 26.4 Å². The zero-order chi connectivity index (χ0) is 17.8. The van der Waals surface area contributed by atoms with Crippen LogP contribution >= 0.6 is 0 Å². The molecule has 5 nitrogen and oxygen atoms in total. The maximum Gasteiger partial charge on any atom is 0.125 e. The van der Waals surface area contributed by atoms with Gasteiger partial charge in [-0.1, -0.05) is 18.2 Å². The average Bonchev–Trinajstić information content (AvgIpc) is 2.69. The molecule has 2 aromatic carbocycles. The van der Waals surface area contributed by atoms with Gasteiger partial charge in [-0.05, 0) is 41.5 Å². The molecular weight excluding hydrogens is 328 g/mol. The van der Waals surface area contributed by atoms with E-state index in [2.05, 4.69) is 40.3 Å². The second-order valence-corrected chi connectivity index (χ2v) is 6.45. The van der Waals surface area contributed by atoms with Gasteiger partial charge in [-0.15, -0.1) is 0 Å². The maximum atomic E-state index is 5.92. The fourth-order valence-electron chi connectivity index (χ4n) is 3.05. The van der Waals surface area contributed by atoms with Crippen molar-refractivity contribution in [2.45, 2.75) is 19.4 Å². The molecule has 2 heterocycles. The zero-order valence-electron chi connectivity index (χ0n) is 14.9. The highest BCUT2D eigenvalue weighted by Crippen LogP contribution is 2.27. The number of nitrogens with zero attached hydrogens (tertiary/aromatic N) is 2. The Balaban J connectivity index is 1.47. The molecule has 0 N–H and O–H groups in total. The first-order valence-electron chi connectivity index (χ1n) is 8.93. The molecule has 1 aliphatic heterocycles. The van der Waals surface area contributed by atoms with Crippen LogP contribution in [0.2, 0.25) is 0 Å². The lowest BCUT2D eigenvalue weighted by Crippen LogP contribution is -2.29. The summed E-state index contributed by atoms with van der Waals surface area (Å²) in [7, 11) is 0. The second-order valence-electron chi connectivity index (χ2n) is 6.45. The lowest BCUT2D eigenvalue weighted by atomic mass is 10.0. The first-order chi connectivity index (χ1) is 12.8. The quantitative estimate of drug-likeness (QED) is 0.701. The fourth-order valence-corrected chi connectivity index (χ4v) is 3.05. The summed E-state index contributed by atoms with van der Waals surface area (Å²) in [5.74, 6) is 1.64. The molecule has 0 spiro atoms. The monoisotopic (exact) mass is 350 g/mol. The van der Waals surface area contributed by atoms with Crippen molar-refractivity contribution >= 4 is 10.8 Å².